The third kappa shape index (κ3) is 3.02. The van der Waals surface area contributed by atoms with Crippen LogP contribution >= 0.6 is 27.5 Å². The van der Waals surface area contributed by atoms with Gasteiger partial charge in [0, 0.05) is 11.6 Å². The molecule has 1 heterocycles. The van der Waals surface area contributed by atoms with Gasteiger partial charge in [0.1, 0.15) is 0 Å². The Morgan fingerprint density at radius 3 is 2.84 bits per heavy atom. The van der Waals surface area contributed by atoms with Gasteiger partial charge in [-0.15, -0.1) is 0 Å². The molecule has 0 amide bonds. The van der Waals surface area contributed by atoms with Crippen molar-refractivity contribution in [2.45, 2.75) is 32.9 Å². The van der Waals surface area contributed by atoms with Gasteiger partial charge < -0.3 is 5.73 Å². The highest BCUT2D eigenvalue weighted by atomic mass is 79.9. The maximum Gasteiger partial charge on any atom is 0.0738 e. The van der Waals surface area contributed by atoms with E-state index in [0.717, 1.165) is 39.3 Å². The smallest absolute Gasteiger partial charge is 0.0738 e. The van der Waals surface area contributed by atoms with Gasteiger partial charge in [-0.25, -0.2) is 0 Å². The lowest BCUT2D eigenvalue weighted by atomic mass is 10.0. The molecule has 2 rings (SSSR count). The lowest BCUT2D eigenvalue weighted by Crippen LogP contribution is -2.18. The normalized spacial score (nSPS) is 12.7. The van der Waals surface area contributed by atoms with Crippen molar-refractivity contribution in [1.82, 2.24) is 9.78 Å². The molecule has 1 aromatic carbocycles. The summed E-state index contributed by atoms with van der Waals surface area (Å²) in [7, 11) is 0. The zero-order valence-electron chi connectivity index (χ0n) is 11.0. The van der Waals surface area contributed by atoms with E-state index >= 15 is 0 Å². The van der Waals surface area contributed by atoms with Crippen molar-refractivity contribution < 1.29 is 0 Å². The van der Waals surface area contributed by atoms with Crippen molar-refractivity contribution in [3.05, 3.63) is 50.7 Å². The van der Waals surface area contributed by atoms with Crippen molar-refractivity contribution in [3.63, 3.8) is 0 Å². The molecule has 1 aromatic heterocycles. The number of halogens is 2. The van der Waals surface area contributed by atoms with Crippen molar-refractivity contribution in [2.24, 2.45) is 5.73 Å². The van der Waals surface area contributed by atoms with Crippen LogP contribution in [-0.4, -0.2) is 9.78 Å². The summed E-state index contributed by atoms with van der Waals surface area (Å²) in [6.07, 6.45) is 2.82. The quantitative estimate of drug-likeness (QED) is 0.910. The van der Waals surface area contributed by atoms with Crippen LogP contribution in [0.4, 0.5) is 0 Å². The highest BCUT2D eigenvalue weighted by molar-refractivity contribution is 9.10. The van der Waals surface area contributed by atoms with Crippen molar-refractivity contribution in [2.75, 3.05) is 0 Å². The molecule has 1 atom stereocenters. The molecule has 0 fully saturated rings. The summed E-state index contributed by atoms with van der Waals surface area (Å²) in [5.41, 5.74) is 9.46. The van der Waals surface area contributed by atoms with Gasteiger partial charge >= 0.3 is 0 Å². The molecule has 2 aromatic rings. The molecular weight excluding hydrogens is 326 g/mol. The number of nitrogens with two attached hydrogens (primary N) is 1. The average molecular weight is 343 g/mol. The van der Waals surface area contributed by atoms with E-state index in [-0.39, 0.29) is 6.04 Å². The number of aryl methyl sites for hydroxylation is 2. The molecule has 0 saturated carbocycles. The third-order valence-corrected chi connectivity index (χ3v) is 4.14. The van der Waals surface area contributed by atoms with Gasteiger partial charge in [-0.2, -0.15) is 5.10 Å². The van der Waals surface area contributed by atoms with Crippen LogP contribution in [0.1, 0.15) is 36.2 Å². The van der Waals surface area contributed by atoms with Gasteiger partial charge in [0.05, 0.1) is 22.4 Å². The molecular formula is C14H17BrClN3. The number of aromatic nitrogens is 2. The van der Waals surface area contributed by atoms with Gasteiger partial charge in [0.15, 0.2) is 0 Å². The Hall–Kier alpha value is -0.840. The molecule has 1 unspecified atom stereocenters. The van der Waals surface area contributed by atoms with Crippen LogP contribution in [-0.2, 0) is 6.54 Å². The molecule has 0 saturated heterocycles. The second-order valence-corrected chi connectivity index (χ2v) is 5.85. The van der Waals surface area contributed by atoms with Crippen LogP contribution < -0.4 is 5.73 Å². The first-order valence-electron chi connectivity index (χ1n) is 6.27. The minimum atomic E-state index is -0.209. The van der Waals surface area contributed by atoms with Crippen LogP contribution in [0, 0.1) is 6.92 Å². The van der Waals surface area contributed by atoms with E-state index in [9.17, 15) is 0 Å². The summed E-state index contributed by atoms with van der Waals surface area (Å²) in [5, 5.41) is 5.12. The lowest BCUT2D eigenvalue weighted by Gasteiger charge is -2.16. The second-order valence-electron chi connectivity index (χ2n) is 4.59. The Morgan fingerprint density at radius 1 is 1.47 bits per heavy atom. The fourth-order valence-electron chi connectivity index (χ4n) is 2.09. The van der Waals surface area contributed by atoms with Crippen LogP contribution in [0.25, 0.3) is 0 Å². The number of nitrogens with zero attached hydrogens (tertiary/aromatic N) is 2. The van der Waals surface area contributed by atoms with E-state index in [0.29, 0.717) is 0 Å². The van der Waals surface area contributed by atoms with Gasteiger partial charge in [-0.3, -0.25) is 4.68 Å². The van der Waals surface area contributed by atoms with Gasteiger partial charge in [-0.1, -0.05) is 30.7 Å². The highest BCUT2D eigenvalue weighted by Crippen LogP contribution is 2.29. The number of hydrogen-bond donors (Lipinski definition) is 1. The first-order valence-corrected chi connectivity index (χ1v) is 7.44. The standard InChI is InChI=1S/C14H17BrClN3/c1-3-6-19-14(11(15)8-18-19)13(17)10-4-5-12(16)9(2)7-10/h4-5,7-8,13H,3,6,17H2,1-2H3. The van der Waals surface area contributed by atoms with E-state index in [1.165, 1.54) is 0 Å². The van der Waals surface area contributed by atoms with E-state index < -0.39 is 0 Å². The van der Waals surface area contributed by atoms with E-state index in [4.69, 9.17) is 17.3 Å². The summed E-state index contributed by atoms with van der Waals surface area (Å²) in [6, 6.07) is 5.68. The zero-order valence-corrected chi connectivity index (χ0v) is 13.4. The Morgan fingerprint density at radius 2 is 2.21 bits per heavy atom. The Labute approximate surface area is 126 Å². The first kappa shape index (κ1) is 14.6. The van der Waals surface area contributed by atoms with Crippen LogP contribution in [0.2, 0.25) is 5.02 Å². The van der Waals surface area contributed by atoms with E-state index in [2.05, 4.69) is 28.0 Å². The van der Waals surface area contributed by atoms with E-state index in [1.54, 1.807) is 6.20 Å². The highest BCUT2D eigenvalue weighted by Gasteiger charge is 2.18. The summed E-state index contributed by atoms with van der Waals surface area (Å²) in [6.45, 7) is 4.97. The van der Waals surface area contributed by atoms with Gasteiger partial charge in [-0.05, 0) is 46.5 Å². The summed E-state index contributed by atoms with van der Waals surface area (Å²) < 4.78 is 2.90. The van der Waals surface area contributed by atoms with Crippen LogP contribution in [0.5, 0.6) is 0 Å². The topological polar surface area (TPSA) is 43.8 Å². The molecule has 3 nitrogen and oxygen atoms in total. The SMILES string of the molecule is CCCn1ncc(Br)c1C(N)c1ccc(Cl)c(C)c1. The Balaban J connectivity index is 2.40. The van der Waals surface area contributed by atoms with Gasteiger partial charge in [0.2, 0.25) is 0 Å². The molecule has 0 aliphatic carbocycles. The molecule has 2 N–H and O–H groups in total. The predicted molar refractivity (Wildman–Crippen MR) is 82.4 cm³/mol. The van der Waals surface area contributed by atoms with E-state index in [1.807, 2.05) is 29.8 Å². The predicted octanol–water partition coefficient (Wildman–Crippen LogP) is 4.07. The maximum atomic E-state index is 6.38. The summed E-state index contributed by atoms with van der Waals surface area (Å²) >= 11 is 9.58. The summed E-state index contributed by atoms with van der Waals surface area (Å²) in [4.78, 5) is 0. The number of hydrogen-bond acceptors (Lipinski definition) is 2. The molecule has 0 radical (unpaired) electrons. The molecule has 0 aliphatic rings. The minimum Gasteiger partial charge on any atom is -0.319 e. The van der Waals surface area contributed by atoms with Crippen LogP contribution in [0.15, 0.2) is 28.9 Å². The lowest BCUT2D eigenvalue weighted by molar-refractivity contribution is 0.559. The monoisotopic (exact) mass is 341 g/mol. The number of rotatable bonds is 4. The van der Waals surface area contributed by atoms with Crippen molar-refractivity contribution in [3.8, 4) is 0 Å². The fraction of sp³-hybridized carbons (Fsp3) is 0.357. The average Bonchev–Trinajstić information content (AvgIpc) is 2.74. The van der Waals surface area contributed by atoms with Crippen LogP contribution in [0.3, 0.4) is 0 Å². The van der Waals surface area contributed by atoms with Crippen molar-refractivity contribution in [1.29, 1.82) is 0 Å². The summed E-state index contributed by atoms with van der Waals surface area (Å²) in [5.74, 6) is 0. The fourth-order valence-corrected chi connectivity index (χ4v) is 2.75. The van der Waals surface area contributed by atoms with Crippen molar-refractivity contribution >= 4 is 27.5 Å². The first-order chi connectivity index (χ1) is 9.04. The molecule has 0 spiro atoms. The largest absolute Gasteiger partial charge is 0.319 e. The maximum absolute atomic E-state index is 6.38. The number of benzene rings is 1. The molecule has 5 heteroatoms. The zero-order chi connectivity index (χ0) is 14.0. The molecule has 0 aliphatic heterocycles. The minimum absolute atomic E-state index is 0.209. The second kappa shape index (κ2) is 6.07. The third-order valence-electron chi connectivity index (χ3n) is 3.10. The molecule has 0 bridgehead atoms. The molecule has 102 valence electrons. The Bertz CT molecular complexity index is 580. The Kier molecular flexibility index (Phi) is 4.66. The molecule has 19 heavy (non-hydrogen) atoms. The van der Waals surface area contributed by atoms with Gasteiger partial charge in [0.25, 0.3) is 0 Å².